The lowest BCUT2D eigenvalue weighted by atomic mass is 10.0. The first-order chi connectivity index (χ1) is 19.0. The summed E-state index contributed by atoms with van der Waals surface area (Å²) in [7, 11) is 0. The van der Waals surface area contributed by atoms with Crippen molar-refractivity contribution in [3.8, 4) is 0 Å². The number of rotatable bonds is 9. The van der Waals surface area contributed by atoms with Gasteiger partial charge in [-0.1, -0.05) is 17.7 Å². The van der Waals surface area contributed by atoms with Gasteiger partial charge in [-0.15, -0.1) is 0 Å². The number of nitrogens with zero attached hydrogens (tertiary/aromatic N) is 2. The van der Waals surface area contributed by atoms with Crippen LogP contribution in [0, 0.1) is 17.6 Å². The summed E-state index contributed by atoms with van der Waals surface area (Å²) in [6, 6.07) is 7.08. The van der Waals surface area contributed by atoms with Gasteiger partial charge in [-0.25, -0.2) is 8.78 Å². The van der Waals surface area contributed by atoms with E-state index < -0.39 is 35.7 Å². The minimum Gasteiger partial charge on any atom is -0.367 e. The molecule has 0 bridgehead atoms. The predicted octanol–water partition coefficient (Wildman–Crippen LogP) is 4.56. The topological polar surface area (TPSA) is 76.7 Å². The van der Waals surface area contributed by atoms with Crippen molar-refractivity contribution in [2.75, 3.05) is 56.0 Å². The number of piperazine rings is 1. The summed E-state index contributed by atoms with van der Waals surface area (Å²) in [5.41, 5.74) is 0.231. The van der Waals surface area contributed by atoms with E-state index in [-0.39, 0.29) is 30.5 Å². The Morgan fingerprint density at radius 2 is 1.80 bits per heavy atom. The van der Waals surface area contributed by atoms with Crippen LogP contribution in [-0.4, -0.2) is 68.7 Å². The molecule has 2 aliphatic rings. The molecule has 2 aromatic carbocycles. The highest BCUT2D eigenvalue weighted by Gasteiger charge is 2.29. The van der Waals surface area contributed by atoms with E-state index in [2.05, 4.69) is 16.0 Å². The maximum absolute atomic E-state index is 14.9. The number of carbonyl (C=O) groups is 2. The van der Waals surface area contributed by atoms with Crippen molar-refractivity contribution < 1.29 is 31.5 Å². The third-order valence-electron chi connectivity index (χ3n) is 7.15. The summed E-state index contributed by atoms with van der Waals surface area (Å²) in [6.07, 6.45) is -3.94. The third-order valence-corrected chi connectivity index (χ3v) is 7.39. The smallest absolute Gasteiger partial charge is 0.367 e. The first-order valence-corrected chi connectivity index (χ1v) is 13.5. The van der Waals surface area contributed by atoms with Gasteiger partial charge in [0.1, 0.15) is 0 Å². The minimum atomic E-state index is -4.23. The summed E-state index contributed by atoms with van der Waals surface area (Å²) in [5.74, 6) is -3.48. The number of benzene rings is 2. The zero-order chi connectivity index (χ0) is 28.9. The molecule has 0 aliphatic carbocycles. The molecule has 7 nitrogen and oxygen atoms in total. The molecule has 0 spiro atoms. The summed E-state index contributed by atoms with van der Waals surface area (Å²) < 4.78 is 67.4. The van der Waals surface area contributed by atoms with Crippen molar-refractivity contribution in [2.24, 2.45) is 5.92 Å². The molecule has 2 aliphatic heterocycles. The Kier molecular flexibility index (Phi) is 9.85. The van der Waals surface area contributed by atoms with Crippen molar-refractivity contribution in [1.29, 1.82) is 0 Å². The predicted molar refractivity (Wildman–Crippen MR) is 143 cm³/mol. The molecule has 3 N–H and O–H groups in total. The summed E-state index contributed by atoms with van der Waals surface area (Å²) in [6.45, 7) is 2.83. The average Bonchev–Trinajstić information content (AvgIpc) is 3.42. The molecule has 13 heteroatoms. The van der Waals surface area contributed by atoms with Crippen LogP contribution in [0.5, 0.6) is 0 Å². The van der Waals surface area contributed by atoms with E-state index in [1.54, 1.807) is 11.0 Å². The van der Waals surface area contributed by atoms with Crippen LogP contribution in [0.3, 0.4) is 0 Å². The number of amides is 2. The van der Waals surface area contributed by atoms with Gasteiger partial charge >= 0.3 is 6.18 Å². The van der Waals surface area contributed by atoms with Gasteiger partial charge in [0.2, 0.25) is 5.91 Å². The quantitative estimate of drug-likeness (QED) is 0.375. The van der Waals surface area contributed by atoms with Gasteiger partial charge in [-0.2, -0.15) is 13.2 Å². The number of halogens is 6. The Bertz CT molecular complexity index is 1210. The fraction of sp³-hybridized carbons (Fsp3) is 0.481. The van der Waals surface area contributed by atoms with Crippen LogP contribution in [0.2, 0.25) is 5.02 Å². The van der Waals surface area contributed by atoms with Crippen molar-refractivity contribution in [2.45, 2.75) is 32.0 Å². The van der Waals surface area contributed by atoms with E-state index in [1.165, 1.54) is 18.2 Å². The maximum Gasteiger partial charge on any atom is 0.390 e. The number of carbonyl (C=O) groups excluding carboxylic acids is 2. The highest BCUT2D eigenvalue weighted by atomic mass is 35.5. The van der Waals surface area contributed by atoms with Crippen LogP contribution in [-0.2, 0) is 11.3 Å². The zero-order valence-electron chi connectivity index (χ0n) is 21.7. The van der Waals surface area contributed by atoms with Crippen LogP contribution in [0.1, 0.15) is 35.2 Å². The second-order valence-corrected chi connectivity index (χ2v) is 10.5. The molecule has 0 saturated carbocycles. The van der Waals surface area contributed by atoms with Crippen molar-refractivity contribution in [3.63, 3.8) is 0 Å². The number of alkyl halides is 3. The molecule has 2 saturated heterocycles. The number of hydrogen-bond acceptors (Lipinski definition) is 5. The minimum absolute atomic E-state index is 0.0810. The van der Waals surface area contributed by atoms with Gasteiger partial charge < -0.3 is 20.9 Å². The Labute approximate surface area is 234 Å². The molecule has 2 aromatic rings. The molecule has 4 rings (SSSR count). The highest BCUT2D eigenvalue weighted by molar-refractivity contribution is 6.31. The third kappa shape index (κ3) is 8.05. The Hall–Kier alpha value is -2.96. The largest absolute Gasteiger partial charge is 0.390 e. The molecule has 2 heterocycles. The van der Waals surface area contributed by atoms with Crippen LogP contribution >= 0.6 is 11.6 Å². The van der Waals surface area contributed by atoms with E-state index >= 15 is 0 Å². The number of anilines is 2. The molecule has 40 heavy (non-hydrogen) atoms. The standard InChI is InChI=1S/C27H31ClF5N5O2/c28-19-2-4-21(22(14-19)38-11-9-37(10-12-38)8-6-27(31,32)33)36-26(40)20-3-1-18(24(29)25(20)30)16-35-23(39)13-17-5-7-34-15-17/h1-4,14,17,34H,5-13,15-16H2,(H,35,39)(H,36,40)/t17-/m1/s1. The first-order valence-electron chi connectivity index (χ1n) is 13.1. The molecule has 2 amide bonds. The number of nitrogens with one attached hydrogen (secondary N) is 3. The van der Waals surface area contributed by atoms with E-state index in [4.69, 9.17) is 11.6 Å². The highest BCUT2D eigenvalue weighted by Crippen LogP contribution is 2.31. The lowest BCUT2D eigenvalue weighted by Crippen LogP contribution is -2.47. The summed E-state index contributed by atoms with van der Waals surface area (Å²) >= 11 is 6.16. The van der Waals surface area contributed by atoms with E-state index in [9.17, 15) is 31.5 Å². The van der Waals surface area contributed by atoms with Crippen molar-refractivity contribution in [3.05, 3.63) is 58.1 Å². The van der Waals surface area contributed by atoms with Gasteiger partial charge in [-0.3, -0.25) is 14.5 Å². The molecule has 0 radical (unpaired) electrons. The fourth-order valence-corrected chi connectivity index (χ4v) is 5.04. The van der Waals surface area contributed by atoms with Crippen LogP contribution in [0.25, 0.3) is 0 Å². The van der Waals surface area contributed by atoms with Gasteiger partial charge in [0, 0.05) is 56.3 Å². The van der Waals surface area contributed by atoms with Gasteiger partial charge in [0.25, 0.3) is 5.91 Å². The molecule has 218 valence electrons. The van der Waals surface area contributed by atoms with E-state index in [0.29, 0.717) is 49.0 Å². The Balaban J connectivity index is 1.39. The van der Waals surface area contributed by atoms with Gasteiger partial charge in [-0.05, 0) is 49.7 Å². The fourth-order valence-electron chi connectivity index (χ4n) is 4.88. The SMILES string of the molecule is O=C(C[C@H]1CCNC1)NCc1ccc(C(=O)Nc2ccc(Cl)cc2N2CCN(CCC(F)(F)F)CC2)c(F)c1F. The van der Waals surface area contributed by atoms with Crippen LogP contribution in [0.15, 0.2) is 30.3 Å². The maximum atomic E-state index is 14.9. The molecule has 0 unspecified atom stereocenters. The van der Waals surface area contributed by atoms with Crippen molar-refractivity contribution in [1.82, 2.24) is 15.5 Å². The lowest BCUT2D eigenvalue weighted by Gasteiger charge is -2.37. The van der Waals surface area contributed by atoms with Gasteiger partial charge in [0.15, 0.2) is 11.6 Å². The van der Waals surface area contributed by atoms with Crippen molar-refractivity contribution >= 4 is 34.8 Å². The van der Waals surface area contributed by atoms with E-state index in [1.807, 2.05) is 4.90 Å². The molecule has 2 fully saturated rings. The molecular formula is C27H31ClF5N5O2. The second-order valence-electron chi connectivity index (χ2n) is 10.0. The second kappa shape index (κ2) is 13.1. The molecule has 1 atom stereocenters. The summed E-state index contributed by atoms with van der Waals surface area (Å²) in [4.78, 5) is 28.7. The van der Waals surface area contributed by atoms with Crippen LogP contribution in [0.4, 0.5) is 33.3 Å². The van der Waals surface area contributed by atoms with Crippen LogP contribution < -0.4 is 20.9 Å². The Morgan fingerprint density at radius 3 is 2.48 bits per heavy atom. The Morgan fingerprint density at radius 1 is 1.05 bits per heavy atom. The van der Waals surface area contributed by atoms with Gasteiger partial charge in [0.05, 0.1) is 23.4 Å². The lowest BCUT2D eigenvalue weighted by molar-refractivity contribution is -0.138. The zero-order valence-corrected chi connectivity index (χ0v) is 22.5. The monoisotopic (exact) mass is 587 g/mol. The number of hydrogen-bond donors (Lipinski definition) is 3. The molecule has 0 aromatic heterocycles. The molecular weight excluding hydrogens is 557 g/mol. The normalized spacial score (nSPS) is 18.1. The average molecular weight is 588 g/mol. The van der Waals surface area contributed by atoms with E-state index in [0.717, 1.165) is 25.6 Å². The summed E-state index contributed by atoms with van der Waals surface area (Å²) in [5, 5.41) is 8.74. The first kappa shape index (κ1) is 30.0.